The summed E-state index contributed by atoms with van der Waals surface area (Å²) in [6, 6.07) is 2.37. The maximum Gasteiger partial charge on any atom is 0.417 e. The van der Waals surface area contributed by atoms with Crippen LogP contribution in [0.25, 0.3) is 11.4 Å². The Kier molecular flexibility index (Phi) is 4.72. The third-order valence-electron chi connectivity index (χ3n) is 2.74. The van der Waals surface area contributed by atoms with E-state index in [1.165, 1.54) is 0 Å². The molecule has 0 aliphatic heterocycles. The first-order chi connectivity index (χ1) is 9.74. The van der Waals surface area contributed by atoms with Gasteiger partial charge in [0.05, 0.1) is 14.8 Å². The SMILES string of the molecule is CCc1nc(-c2ccc(F)cc2C(F)(F)F)nc(Cl)c1I. The highest BCUT2D eigenvalue weighted by Crippen LogP contribution is 2.37. The molecule has 0 unspecified atom stereocenters. The van der Waals surface area contributed by atoms with Crippen molar-refractivity contribution in [3.63, 3.8) is 0 Å². The van der Waals surface area contributed by atoms with Crippen LogP contribution in [0.2, 0.25) is 5.15 Å². The molecule has 1 aromatic carbocycles. The van der Waals surface area contributed by atoms with Crippen molar-refractivity contribution in [2.45, 2.75) is 19.5 Å². The summed E-state index contributed by atoms with van der Waals surface area (Å²) in [4.78, 5) is 7.98. The van der Waals surface area contributed by atoms with Crippen molar-refractivity contribution in [3.8, 4) is 11.4 Å². The number of nitrogens with zero attached hydrogens (tertiary/aromatic N) is 2. The summed E-state index contributed by atoms with van der Waals surface area (Å²) in [6.45, 7) is 1.81. The summed E-state index contributed by atoms with van der Waals surface area (Å²) >= 11 is 7.86. The fourth-order valence-corrected chi connectivity index (χ4v) is 2.58. The predicted octanol–water partition coefficient (Wildman–Crippen LogP) is 5.12. The number of aryl methyl sites for hydroxylation is 1. The topological polar surface area (TPSA) is 25.8 Å². The van der Waals surface area contributed by atoms with E-state index in [1.807, 2.05) is 22.6 Å². The van der Waals surface area contributed by atoms with Crippen LogP contribution in [0.3, 0.4) is 0 Å². The zero-order chi connectivity index (χ0) is 15.8. The van der Waals surface area contributed by atoms with Crippen molar-refractivity contribution < 1.29 is 17.6 Å². The average Bonchev–Trinajstić information content (AvgIpc) is 2.40. The summed E-state index contributed by atoms with van der Waals surface area (Å²) < 4.78 is 52.8. The first-order valence-electron chi connectivity index (χ1n) is 5.83. The molecule has 0 amide bonds. The maximum absolute atomic E-state index is 13.1. The molecule has 0 spiro atoms. The zero-order valence-electron chi connectivity index (χ0n) is 10.6. The molecule has 0 saturated carbocycles. The average molecular weight is 431 g/mol. The second-order valence-electron chi connectivity index (χ2n) is 4.14. The predicted molar refractivity (Wildman–Crippen MR) is 79.5 cm³/mol. The van der Waals surface area contributed by atoms with Crippen molar-refractivity contribution in [2.75, 3.05) is 0 Å². The highest BCUT2D eigenvalue weighted by Gasteiger charge is 2.35. The molecule has 1 heterocycles. The lowest BCUT2D eigenvalue weighted by Gasteiger charge is -2.13. The molecule has 0 fully saturated rings. The van der Waals surface area contributed by atoms with Gasteiger partial charge in [0.15, 0.2) is 5.82 Å². The molecule has 0 saturated heterocycles. The van der Waals surface area contributed by atoms with Crippen molar-refractivity contribution in [1.29, 1.82) is 0 Å². The molecule has 2 nitrogen and oxygen atoms in total. The Labute approximate surface area is 136 Å². The summed E-state index contributed by atoms with van der Waals surface area (Å²) in [7, 11) is 0. The number of aromatic nitrogens is 2. The van der Waals surface area contributed by atoms with Gasteiger partial charge in [-0.1, -0.05) is 18.5 Å². The summed E-state index contributed by atoms with van der Waals surface area (Å²) in [5, 5.41) is 0.0786. The van der Waals surface area contributed by atoms with E-state index in [0.29, 0.717) is 21.8 Å². The van der Waals surface area contributed by atoms with Crippen LogP contribution in [-0.4, -0.2) is 9.97 Å². The van der Waals surface area contributed by atoms with Gasteiger partial charge in [-0.25, -0.2) is 14.4 Å². The molecule has 1 aromatic heterocycles. The molecule has 0 aliphatic rings. The second kappa shape index (κ2) is 6.04. The normalized spacial score (nSPS) is 11.8. The largest absolute Gasteiger partial charge is 0.417 e. The minimum atomic E-state index is -4.71. The summed E-state index contributed by atoms with van der Waals surface area (Å²) in [5.74, 6) is -1.14. The van der Waals surface area contributed by atoms with Gasteiger partial charge in [0, 0.05) is 5.56 Å². The van der Waals surface area contributed by atoms with Crippen molar-refractivity contribution in [2.24, 2.45) is 0 Å². The van der Waals surface area contributed by atoms with Gasteiger partial charge >= 0.3 is 6.18 Å². The first kappa shape index (κ1) is 16.4. The molecule has 0 atom stereocenters. The number of benzene rings is 1. The van der Waals surface area contributed by atoms with Gasteiger partial charge in [-0.05, 0) is 47.2 Å². The van der Waals surface area contributed by atoms with E-state index in [9.17, 15) is 17.6 Å². The fourth-order valence-electron chi connectivity index (χ4n) is 1.76. The minimum Gasteiger partial charge on any atom is -0.232 e. The van der Waals surface area contributed by atoms with Crippen LogP contribution >= 0.6 is 34.2 Å². The standard InChI is InChI=1S/C13H8ClF4IN2/c1-2-9-10(19)11(14)21-12(20-9)7-4-3-6(15)5-8(7)13(16,17)18/h3-5H,2H2,1H3. The van der Waals surface area contributed by atoms with Gasteiger partial charge < -0.3 is 0 Å². The highest BCUT2D eigenvalue weighted by atomic mass is 127. The molecule has 0 aliphatic carbocycles. The lowest BCUT2D eigenvalue weighted by molar-refractivity contribution is -0.137. The van der Waals surface area contributed by atoms with Crippen molar-refractivity contribution in [1.82, 2.24) is 9.97 Å². The molecule has 21 heavy (non-hydrogen) atoms. The third-order valence-corrected chi connectivity index (χ3v) is 4.47. The maximum atomic E-state index is 13.1. The molecule has 0 radical (unpaired) electrons. The molecule has 2 rings (SSSR count). The van der Waals surface area contributed by atoms with Gasteiger partial charge in [0.2, 0.25) is 0 Å². The molecule has 112 valence electrons. The Morgan fingerprint density at radius 2 is 1.90 bits per heavy atom. The quantitative estimate of drug-likeness (QED) is 0.375. The first-order valence-corrected chi connectivity index (χ1v) is 7.28. The van der Waals surface area contributed by atoms with E-state index in [-0.39, 0.29) is 16.5 Å². The van der Waals surface area contributed by atoms with E-state index < -0.39 is 17.6 Å². The fraction of sp³-hybridized carbons (Fsp3) is 0.231. The van der Waals surface area contributed by atoms with Crippen LogP contribution in [-0.2, 0) is 12.6 Å². The molecular formula is C13H8ClF4IN2. The Bertz CT molecular complexity index is 689. The number of halogens is 6. The number of alkyl halides is 3. The molecule has 8 heteroatoms. The minimum absolute atomic E-state index is 0.0786. The van der Waals surface area contributed by atoms with E-state index in [0.717, 1.165) is 12.1 Å². The van der Waals surface area contributed by atoms with Crippen LogP contribution in [0.15, 0.2) is 18.2 Å². The lowest BCUT2D eigenvalue weighted by Crippen LogP contribution is -2.10. The van der Waals surface area contributed by atoms with Crippen LogP contribution in [0, 0.1) is 9.39 Å². The Balaban J connectivity index is 2.70. The smallest absolute Gasteiger partial charge is 0.232 e. The monoisotopic (exact) mass is 430 g/mol. The Morgan fingerprint density at radius 3 is 2.48 bits per heavy atom. The Morgan fingerprint density at radius 1 is 1.24 bits per heavy atom. The van der Waals surface area contributed by atoms with E-state index >= 15 is 0 Å². The van der Waals surface area contributed by atoms with Gasteiger partial charge in [-0.3, -0.25) is 0 Å². The third kappa shape index (κ3) is 3.45. The molecular weight excluding hydrogens is 423 g/mol. The second-order valence-corrected chi connectivity index (χ2v) is 5.58. The van der Waals surface area contributed by atoms with Crippen LogP contribution in [0.5, 0.6) is 0 Å². The van der Waals surface area contributed by atoms with Gasteiger partial charge in [-0.2, -0.15) is 13.2 Å². The molecule has 0 N–H and O–H groups in total. The van der Waals surface area contributed by atoms with Crippen LogP contribution in [0.1, 0.15) is 18.2 Å². The van der Waals surface area contributed by atoms with Gasteiger partial charge in [0.25, 0.3) is 0 Å². The molecule has 2 aromatic rings. The van der Waals surface area contributed by atoms with Crippen LogP contribution < -0.4 is 0 Å². The summed E-state index contributed by atoms with van der Waals surface area (Å²) in [6.07, 6.45) is -4.21. The number of rotatable bonds is 2. The summed E-state index contributed by atoms with van der Waals surface area (Å²) in [5.41, 5.74) is -0.873. The Hall–Kier alpha value is -0.960. The zero-order valence-corrected chi connectivity index (χ0v) is 13.5. The van der Waals surface area contributed by atoms with Gasteiger partial charge in [0.1, 0.15) is 11.0 Å². The van der Waals surface area contributed by atoms with Crippen LogP contribution in [0.4, 0.5) is 17.6 Å². The van der Waals surface area contributed by atoms with Crippen molar-refractivity contribution in [3.05, 3.63) is 44.0 Å². The van der Waals surface area contributed by atoms with Crippen molar-refractivity contribution >= 4 is 34.2 Å². The van der Waals surface area contributed by atoms with E-state index in [4.69, 9.17) is 11.6 Å². The molecule has 0 bridgehead atoms. The highest BCUT2D eigenvalue weighted by molar-refractivity contribution is 14.1. The lowest BCUT2D eigenvalue weighted by atomic mass is 10.1. The van der Waals surface area contributed by atoms with E-state index in [2.05, 4.69) is 9.97 Å². The number of hydrogen-bond donors (Lipinski definition) is 0. The van der Waals surface area contributed by atoms with E-state index in [1.54, 1.807) is 6.92 Å². The number of hydrogen-bond acceptors (Lipinski definition) is 2. The van der Waals surface area contributed by atoms with Gasteiger partial charge in [-0.15, -0.1) is 0 Å².